The highest BCUT2D eigenvalue weighted by Gasteiger charge is 2.41. The lowest BCUT2D eigenvalue weighted by molar-refractivity contribution is -0.127. The minimum atomic E-state index is -0.886. The van der Waals surface area contributed by atoms with Gasteiger partial charge in [-0.3, -0.25) is 5.32 Å². The van der Waals surface area contributed by atoms with Crippen molar-refractivity contribution < 1.29 is 19.0 Å². The molecule has 0 radical (unpaired) electrons. The second-order valence-corrected chi connectivity index (χ2v) is 6.17. The van der Waals surface area contributed by atoms with Crippen molar-refractivity contribution in [1.29, 1.82) is 0 Å². The number of aromatic nitrogens is 2. The Hall–Kier alpha value is -2.42. The molecule has 2 N–H and O–H groups in total. The molecule has 8 heteroatoms. The van der Waals surface area contributed by atoms with Crippen molar-refractivity contribution in [3.63, 3.8) is 0 Å². The Kier molecular flexibility index (Phi) is 3.72. The number of amides is 1. The van der Waals surface area contributed by atoms with Crippen molar-refractivity contribution in [3.05, 3.63) is 46.2 Å². The van der Waals surface area contributed by atoms with Gasteiger partial charge in [0.15, 0.2) is 0 Å². The Morgan fingerprint density at radius 2 is 2.21 bits per heavy atom. The minimum Gasteiger partial charge on any atom is -0.453 e. The number of ether oxygens (including phenoxy) is 3. The number of methoxy groups -OCH3 is 1. The van der Waals surface area contributed by atoms with Gasteiger partial charge in [0.2, 0.25) is 11.7 Å². The van der Waals surface area contributed by atoms with Crippen molar-refractivity contribution in [3.8, 4) is 0 Å². The van der Waals surface area contributed by atoms with E-state index in [1.165, 1.54) is 7.11 Å². The summed E-state index contributed by atoms with van der Waals surface area (Å²) in [4.78, 5) is 19.7. The summed E-state index contributed by atoms with van der Waals surface area (Å²) in [5.74, 6) is -0.559. The molecule has 1 aliphatic heterocycles. The Morgan fingerprint density at radius 3 is 2.92 bits per heavy atom. The van der Waals surface area contributed by atoms with E-state index in [4.69, 9.17) is 9.47 Å². The van der Waals surface area contributed by atoms with Crippen molar-refractivity contribution in [2.45, 2.75) is 5.79 Å². The first kappa shape index (κ1) is 15.1. The molecular formula is C16H15N3O4S. The number of hydrogen-bond donors (Lipinski definition) is 2. The maximum absolute atomic E-state index is 11.3. The van der Waals surface area contributed by atoms with Crippen LogP contribution in [0.5, 0.6) is 0 Å². The highest BCUT2D eigenvalue weighted by molar-refractivity contribution is 7.10. The molecule has 3 aromatic rings. The number of nitrogens with one attached hydrogen (secondary N) is 2. The third-order valence-electron chi connectivity index (χ3n) is 3.81. The molecule has 7 nitrogen and oxygen atoms in total. The van der Waals surface area contributed by atoms with Gasteiger partial charge < -0.3 is 19.2 Å². The van der Waals surface area contributed by atoms with Crippen LogP contribution in [0.3, 0.4) is 0 Å². The van der Waals surface area contributed by atoms with Gasteiger partial charge >= 0.3 is 6.09 Å². The van der Waals surface area contributed by atoms with Crippen LogP contribution in [-0.2, 0) is 20.0 Å². The fourth-order valence-electron chi connectivity index (χ4n) is 2.75. The standard InChI is InChI=1S/C16H15N3O4S/c1-21-15(20)19-14-17-11-5-4-10(9-12(11)18-14)16(22-6-7-23-16)13-3-2-8-24-13/h2-5,8-9H,6-7H2,1H3,(H2,17,18,19,20). The van der Waals surface area contributed by atoms with Crippen LogP contribution < -0.4 is 5.32 Å². The van der Waals surface area contributed by atoms with Gasteiger partial charge in [-0.15, -0.1) is 11.3 Å². The van der Waals surface area contributed by atoms with E-state index >= 15 is 0 Å². The predicted octanol–water partition coefficient (Wildman–Crippen LogP) is 3.05. The van der Waals surface area contributed by atoms with Gasteiger partial charge in [0.05, 0.1) is 36.2 Å². The summed E-state index contributed by atoms with van der Waals surface area (Å²) in [7, 11) is 1.30. The summed E-state index contributed by atoms with van der Waals surface area (Å²) < 4.78 is 16.5. The Balaban J connectivity index is 1.75. The molecule has 1 amide bonds. The summed E-state index contributed by atoms with van der Waals surface area (Å²) in [5.41, 5.74) is 2.38. The Morgan fingerprint density at radius 1 is 1.38 bits per heavy atom. The van der Waals surface area contributed by atoms with Crippen LogP contribution >= 0.6 is 11.3 Å². The number of anilines is 1. The number of carbonyl (C=O) groups excluding carboxylic acids is 1. The quantitative estimate of drug-likeness (QED) is 0.762. The third-order valence-corrected chi connectivity index (χ3v) is 4.76. The minimum absolute atomic E-state index is 0.326. The summed E-state index contributed by atoms with van der Waals surface area (Å²) in [5, 5.41) is 4.51. The first-order valence-electron chi connectivity index (χ1n) is 7.38. The average molecular weight is 345 g/mol. The molecule has 0 aliphatic carbocycles. The summed E-state index contributed by atoms with van der Waals surface area (Å²) in [6, 6.07) is 9.69. The van der Waals surface area contributed by atoms with E-state index in [-0.39, 0.29) is 0 Å². The number of fused-ring (bicyclic) bond motifs is 1. The SMILES string of the molecule is COC(=O)Nc1nc2ccc(C3(c4cccs4)OCCO3)cc2[nH]1. The van der Waals surface area contributed by atoms with Crippen molar-refractivity contribution in [2.75, 3.05) is 25.6 Å². The Labute approximate surface area is 141 Å². The lowest BCUT2D eigenvalue weighted by atomic mass is 10.0. The average Bonchev–Trinajstić information content (AvgIpc) is 3.33. The van der Waals surface area contributed by atoms with Crippen LogP contribution in [0.4, 0.5) is 10.7 Å². The molecule has 1 saturated heterocycles. The maximum Gasteiger partial charge on any atom is 0.413 e. The number of rotatable bonds is 3. The maximum atomic E-state index is 11.3. The highest BCUT2D eigenvalue weighted by Crippen LogP contribution is 2.41. The van der Waals surface area contributed by atoms with Crippen molar-refractivity contribution >= 4 is 34.4 Å². The van der Waals surface area contributed by atoms with E-state index in [1.54, 1.807) is 11.3 Å². The van der Waals surface area contributed by atoms with Crippen LogP contribution in [0.2, 0.25) is 0 Å². The van der Waals surface area contributed by atoms with Gasteiger partial charge in [0.1, 0.15) is 0 Å². The van der Waals surface area contributed by atoms with Crippen LogP contribution in [0.1, 0.15) is 10.4 Å². The van der Waals surface area contributed by atoms with Gasteiger partial charge in [0, 0.05) is 5.56 Å². The molecular weight excluding hydrogens is 330 g/mol. The number of thiophene rings is 1. The molecule has 3 heterocycles. The number of nitrogens with zero attached hydrogens (tertiary/aromatic N) is 1. The zero-order valence-corrected chi connectivity index (χ0v) is 13.7. The van der Waals surface area contributed by atoms with E-state index in [0.29, 0.717) is 19.2 Å². The van der Waals surface area contributed by atoms with Crippen LogP contribution in [-0.4, -0.2) is 36.4 Å². The van der Waals surface area contributed by atoms with Crippen LogP contribution in [0, 0.1) is 0 Å². The molecule has 0 unspecified atom stereocenters. The second kappa shape index (κ2) is 5.90. The molecule has 1 fully saturated rings. The molecule has 0 spiro atoms. The van der Waals surface area contributed by atoms with Crippen molar-refractivity contribution in [2.24, 2.45) is 0 Å². The predicted molar refractivity (Wildman–Crippen MR) is 89.1 cm³/mol. The van der Waals surface area contributed by atoms with E-state index in [9.17, 15) is 4.79 Å². The normalized spacial score (nSPS) is 16.4. The number of imidazole rings is 1. The molecule has 0 bridgehead atoms. The first-order chi connectivity index (χ1) is 11.7. The molecule has 124 valence electrons. The number of benzene rings is 1. The van der Waals surface area contributed by atoms with Crippen molar-refractivity contribution in [1.82, 2.24) is 9.97 Å². The monoisotopic (exact) mass is 345 g/mol. The molecule has 4 rings (SSSR count). The largest absolute Gasteiger partial charge is 0.453 e. The van der Waals surface area contributed by atoms with E-state index < -0.39 is 11.9 Å². The lowest BCUT2D eigenvalue weighted by Gasteiger charge is -2.26. The van der Waals surface area contributed by atoms with Gasteiger partial charge in [-0.1, -0.05) is 12.1 Å². The van der Waals surface area contributed by atoms with Crippen LogP contribution in [0.15, 0.2) is 35.7 Å². The molecule has 2 aromatic heterocycles. The molecule has 0 atom stereocenters. The molecule has 1 aromatic carbocycles. The smallest absolute Gasteiger partial charge is 0.413 e. The number of aromatic amines is 1. The van der Waals surface area contributed by atoms with Gasteiger partial charge in [-0.25, -0.2) is 9.78 Å². The van der Waals surface area contributed by atoms with Gasteiger partial charge in [0.25, 0.3) is 0 Å². The molecule has 24 heavy (non-hydrogen) atoms. The zero-order valence-electron chi connectivity index (χ0n) is 12.9. The van der Waals surface area contributed by atoms with E-state index in [1.807, 2.05) is 35.7 Å². The van der Waals surface area contributed by atoms with Gasteiger partial charge in [-0.05, 0) is 23.6 Å². The highest BCUT2D eigenvalue weighted by atomic mass is 32.1. The Bertz CT molecular complexity index is 869. The zero-order chi connectivity index (χ0) is 16.6. The fourth-order valence-corrected chi connectivity index (χ4v) is 3.60. The summed E-state index contributed by atoms with van der Waals surface area (Å²) in [6.07, 6.45) is -0.577. The lowest BCUT2D eigenvalue weighted by Crippen LogP contribution is -2.27. The van der Waals surface area contributed by atoms with Gasteiger partial charge in [-0.2, -0.15) is 0 Å². The number of carbonyl (C=O) groups is 1. The van der Waals surface area contributed by atoms with E-state index in [0.717, 1.165) is 21.5 Å². The van der Waals surface area contributed by atoms with E-state index in [2.05, 4.69) is 20.0 Å². The second-order valence-electron chi connectivity index (χ2n) is 5.22. The van der Waals surface area contributed by atoms with Crippen LogP contribution in [0.25, 0.3) is 11.0 Å². The molecule has 0 saturated carbocycles. The first-order valence-corrected chi connectivity index (χ1v) is 8.26. The summed E-state index contributed by atoms with van der Waals surface area (Å²) in [6.45, 7) is 1.07. The number of hydrogen-bond acceptors (Lipinski definition) is 6. The molecule has 1 aliphatic rings. The fraction of sp³-hybridized carbons (Fsp3) is 0.250. The topological polar surface area (TPSA) is 85.5 Å². The summed E-state index contributed by atoms with van der Waals surface area (Å²) >= 11 is 1.59. The number of H-pyrrole nitrogens is 1. The third kappa shape index (κ3) is 2.44.